The number of nitrogens with two attached hydrogens (primary N) is 1. The van der Waals surface area contributed by atoms with Crippen molar-refractivity contribution in [1.29, 1.82) is 0 Å². The van der Waals surface area contributed by atoms with Gasteiger partial charge in [-0.25, -0.2) is 0 Å². The summed E-state index contributed by atoms with van der Waals surface area (Å²) in [6.07, 6.45) is 0. The van der Waals surface area contributed by atoms with Gasteiger partial charge in [0.2, 0.25) is 0 Å². The van der Waals surface area contributed by atoms with Crippen molar-refractivity contribution < 1.29 is 4.74 Å². The van der Waals surface area contributed by atoms with Crippen molar-refractivity contribution in [2.45, 2.75) is 13.8 Å². The van der Waals surface area contributed by atoms with Gasteiger partial charge in [-0.15, -0.1) is 0 Å². The molecule has 0 aliphatic carbocycles. The molecule has 2 aromatic carbocycles. The smallest absolute Gasteiger partial charge is 0.121 e. The third-order valence-electron chi connectivity index (χ3n) is 2.91. The maximum absolute atomic E-state index is 6.04. The molecule has 88 valence electrons. The van der Waals surface area contributed by atoms with E-state index in [1.54, 1.807) is 7.11 Å². The number of hydrogen-bond donors (Lipinski definition) is 1. The third-order valence-corrected chi connectivity index (χ3v) is 2.91. The molecule has 0 aliphatic rings. The average molecular weight is 227 g/mol. The van der Waals surface area contributed by atoms with Gasteiger partial charge in [-0.3, -0.25) is 0 Å². The Bertz CT molecular complexity index is 547. The summed E-state index contributed by atoms with van der Waals surface area (Å²) in [7, 11) is 1.68. The summed E-state index contributed by atoms with van der Waals surface area (Å²) in [5.41, 5.74) is 11.3. The van der Waals surface area contributed by atoms with Crippen LogP contribution in [0.3, 0.4) is 0 Å². The lowest BCUT2D eigenvalue weighted by molar-refractivity contribution is 0.412. The van der Waals surface area contributed by atoms with E-state index in [2.05, 4.69) is 18.2 Å². The molecular formula is C15H17NO. The first-order valence-corrected chi connectivity index (χ1v) is 5.63. The fourth-order valence-corrected chi connectivity index (χ4v) is 1.99. The highest BCUT2D eigenvalue weighted by Gasteiger charge is 2.05. The second-order valence-corrected chi connectivity index (χ2v) is 4.28. The average Bonchev–Trinajstić information content (AvgIpc) is 2.29. The molecule has 2 N–H and O–H groups in total. The Labute approximate surface area is 102 Å². The second kappa shape index (κ2) is 4.50. The van der Waals surface area contributed by atoms with Crippen LogP contribution >= 0.6 is 0 Å². The molecule has 0 aromatic heterocycles. The fraction of sp³-hybridized carbons (Fsp3) is 0.200. The summed E-state index contributed by atoms with van der Waals surface area (Å²) in [5.74, 6) is 0.902. The standard InChI is InChI=1S/C15H17NO/c1-10-4-6-13(14(16)8-10)12-5-7-15(17-3)11(2)9-12/h4-9H,16H2,1-3H3. The first-order chi connectivity index (χ1) is 8.11. The van der Waals surface area contributed by atoms with Crippen LogP contribution in [0, 0.1) is 13.8 Å². The fourth-order valence-electron chi connectivity index (χ4n) is 1.99. The van der Waals surface area contributed by atoms with Gasteiger partial charge in [-0.05, 0) is 48.7 Å². The van der Waals surface area contributed by atoms with Crippen LogP contribution in [0.5, 0.6) is 5.75 Å². The SMILES string of the molecule is COc1ccc(-c2ccc(C)cc2N)cc1C. The van der Waals surface area contributed by atoms with E-state index in [4.69, 9.17) is 10.5 Å². The highest BCUT2D eigenvalue weighted by atomic mass is 16.5. The van der Waals surface area contributed by atoms with Crippen molar-refractivity contribution in [2.75, 3.05) is 12.8 Å². The zero-order valence-electron chi connectivity index (χ0n) is 10.4. The molecule has 0 bridgehead atoms. The quantitative estimate of drug-likeness (QED) is 0.796. The minimum Gasteiger partial charge on any atom is -0.496 e. The van der Waals surface area contributed by atoms with Gasteiger partial charge in [0, 0.05) is 11.3 Å². The summed E-state index contributed by atoms with van der Waals surface area (Å²) in [6, 6.07) is 12.2. The normalized spacial score (nSPS) is 10.3. The van der Waals surface area contributed by atoms with Gasteiger partial charge in [-0.2, -0.15) is 0 Å². The highest BCUT2D eigenvalue weighted by Crippen LogP contribution is 2.30. The van der Waals surface area contributed by atoms with Crippen LogP contribution < -0.4 is 10.5 Å². The molecule has 2 heteroatoms. The van der Waals surface area contributed by atoms with Crippen molar-refractivity contribution in [3.05, 3.63) is 47.5 Å². The van der Waals surface area contributed by atoms with Gasteiger partial charge >= 0.3 is 0 Å². The zero-order valence-corrected chi connectivity index (χ0v) is 10.4. The topological polar surface area (TPSA) is 35.2 Å². The Morgan fingerprint density at radius 1 is 1.00 bits per heavy atom. The van der Waals surface area contributed by atoms with E-state index in [1.165, 1.54) is 5.56 Å². The number of anilines is 1. The van der Waals surface area contributed by atoms with Crippen LogP contribution in [0.4, 0.5) is 5.69 Å². The van der Waals surface area contributed by atoms with Crippen molar-refractivity contribution in [2.24, 2.45) is 0 Å². The number of hydrogen-bond acceptors (Lipinski definition) is 2. The van der Waals surface area contributed by atoms with Gasteiger partial charge in [0.15, 0.2) is 0 Å². The summed E-state index contributed by atoms with van der Waals surface area (Å²) < 4.78 is 5.25. The van der Waals surface area contributed by atoms with Gasteiger partial charge in [0.25, 0.3) is 0 Å². The Balaban J connectivity index is 2.50. The molecule has 0 aliphatic heterocycles. The maximum Gasteiger partial charge on any atom is 0.121 e. The molecule has 0 unspecified atom stereocenters. The molecule has 0 saturated carbocycles. The largest absolute Gasteiger partial charge is 0.496 e. The van der Waals surface area contributed by atoms with Gasteiger partial charge < -0.3 is 10.5 Å². The monoisotopic (exact) mass is 227 g/mol. The molecule has 17 heavy (non-hydrogen) atoms. The number of methoxy groups -OCH3 is 1. The first-order valence-electron chi connectivity index (χ1n) is 5.63. The molecule has 0 spiro atoms. The molecular weight excluding hydrogens is 210 g/mol. The molecule has 0 saturated heterocycles. The number of nitrogen functional groups attached to an aromatic ring is 1. The van der Waals surface area contributed by atoms with Crippen molar-refractivity contribution in [1.82, 2.24) is 0 Å². The number of rotatable bonds is 2. The summed E-state index contributed by atoms with van der Waals surface area (Å²) in [6.45, 7) is 4.08. The lowest BCUT2D eigenvalue weighted by atomic mass is 10.00. The lowest BCUT2D eigenvalue weighted by Crippen LogP contribution is -1.92. The van der Waals surface area contributed by atoms with E-state index in [9.17, 15) is 0 Å². The van der Waals surface area contributed by atoms with Crippen LogP contribution in [0.2, 0.25) is 0 Å². The van der Waals surface area contributed by atoms with E-state index >= 15 is 0 Å². The molecule has 2 nitrogen and oxygen atoms in total. The predicted octanol–water partition coefficient (Wildman–Crippen LogP) is 3.56. The van der Waals surface area contributed by atoms with E-state index in [-0.39, 0.29) is 0 Å². The van der Waals surface area contributed by atoms with Crippen molar-refractivity contribution in [3.8, 4) is 16.9 Å². The minimum atomic E-state index is 0.814. The van der Waals surface area contributed by atoms with E-state index < -0.39 is 0 Å². The first kappa shape index (κ1) is 11.5. The number of ether oxygens (including phenoxy) is 1. The molecule has 0 amide bonds. The van der Waals surface area contributed by atoms with E-state index in [1.807, 2.05) is 32.0 Å². The van der Waals surface area contributed by atoms with Crippen LogP contribution in [-0.2, 0) is 0 Å². The summed E-state index contributed by atoms with van der Waals surface area (Å²) >= 11 is 0. The number of benzene rings is 2. The van der Waals surface area contributed by atoms with Crippen molar-refractivity contribution >= 4 is 5.69 Å². The van der Waals surface area contributed by atoms with Gasteiger partial charge in [0.05, 0.1) is 7.11 Å². The zero-order chi connectivity index (χ0) is 12.4. The molecule has 0 fully saturated rings. The highest BCUT2D eigenvalue weighted by molar-refractivity contribution is 5.77. The Morgan fingerprint density at radius 3 is 2.35 bits per heavy atom. The van der Waals surface area contributed by atoms with Crippen LogP contribution in [0.25, 0.3) is 11.1 Å². The minimum absolute atomic E-state index is 0.814. The van der Waals surface area contributed by atoms with E-state index in [0.717, 1.165) is 28.1 Å². The summed E-state index contributed by atoms with van der Waals surface area (Å²) in [5, 5.41) is 0. The third kappa shape index (κ3) is 2.26. The predicted molar refractivity (Wildman–Crippen MR) is 72.3 cm³/mol. The molecule has 2 rings (SSSR count). The molecule has 0 radical (unpaired) electrons. The molecule has 0 heterocycles. The second-order valence-electron chi connectivity index (χ2n) is 4.28. The summed E-state index contributed by atoms with van der Waals surface area (Å²) in [4.78, 5) is 0. The Hall–Kier alpha value is -1.96. The molecule has 0 atom stereocenters. The number of aryl methyl sites for hydroxylation is 2. The van der Waals surface area contributed by atoms with Crippen LogP contribution in [0.1, 0.15) is 11.1 Å². The lowest BCUT2D eigenvalue weighted by Gasteiger charge is -2.10. The van der Waals surface area contributed by atoms with E-state index in [0.29, 0.717) is 0 Å². The van der Waals surface area contributed by atoms with Crippen LogP contribution in [-0.4, -0.2) is 7.11 Å². The van der Waals surface area contributed by atoms with Crippen LogP contribution in [0.15, 0.2) is 36.4 Å². The Morgan fingerprint density at radius 2 is 1.76 bits per heavy atom. The Kier molecular flexibility index (Phi) is 3.05. The molecule has 2 aromatic rings. The van der Waals surface area contributed by atoms with Crippen molar-refractivity contribution in [3.63, 3.8) is 0 Å². The maximum atomic E-state index is 6.04. The van der Waals surface area contributed by atoms with Gasteiger partial charge in [-0.1, -0.05) is 18.2 Å². The van der Waals surface area contributed by atoms with Gasteiger partial charge in [0.1, 0.15) is 5.75 Å².